The van der Waals surface area contributed by atoms with Crippen LogP contribution in [0.15, 0.2) is 72.9 Å². The Morgan fingerprint density at radius 1 is 0.867 bits per heavy atom. The van der Waals surface area contributed by atoms with Crippen LogP contribution in [0, 0.1) is 0 Å². The van der Waals surface area contributed by atoms with Gasteiger partial charge in [0.15, 0.2) is 5.78 Å². The molecule has 1 fully saturated rings. The highest BCUT2D eigenvalue weighted by Gasteiger charge is 2.16. The van der Waals surface area contributed by atoms with E-state index in [2.05, 4.69) is 39.9 Å². The lowest BCUT2D eigenvalue weighted by molar-refractivity contribution is 0.0365. The summed E-state index contributed by atoms with van der Waals surface area (Å²) in [7, 11) is 0. The van der Waals surface area contributed by atoms with Crippen molar-refractivity contribution in [1.29, 1.82) is 0 Å². The molecule has 0 N–H and O–H groups in total. The number of morpholine rings is 1. The number of hydrogen-bond acceptors (Lipinski definition) is 3. The molecule has 30 heavy (non-hydrogen) atoms. The molecule has 154 valence electrons. The maximum Gasteiger partial charge on any atom is 0.193 e. The Kier molecular flexibility index (Phi) is 6.18. The molecule has 5 rings (SSSR count). The van der Waals surface area contributed by atoms with E-state index in [9.17, 15) is 4.79 Å². The minimum Gasteiger partial charge on any atom is -0.379 e. The zero-order chi connectivity index (χ0) is 19.6. The SMILES string of the molecule is Cl.O=C(c1ccc2ccccc2c1)c1cccc2c1ccn2CCN1CCOCC1. The molecule has 4 nitrogen and oxygen atoms in total. The summed E-state index contributed by atoms with van der Waals surface area (Å²) in [6, 6.07) is 22.2. The van der Waals surface area contributed by atoms with E-state index in [0.29, 0.717) is 0 Å². The van der Waals surface area contributed by atoms with Crippen molar-refractivity contribution in [1.82, 2.24) is 9.47 Å². The van der Waals surface area contributed by atoms with Crippen molar-refractivity contribution in [2.75, 3.05) is 32.8 Å². The molecule has 0 amide bonds. The third-order valence-electron chi connectivity index (χ3n) is 5.83. The summed E-state index contributed by atoms with van der Waals surface area (Å²) >= 11 is 0. The molecule has 0 atom stereocenters. The summed E-state index contributed by atoms with van der Waals surface area (Å²) < 4.78 is 7.68. The van der Waals surface area contributed by atoms with Gasteiger partial charge in [0.2, 0.25) is 0 Å². The zero-order valence-corrected chi connectivity index (χ0v) is 17.6. The molecule has 1 saturated heterocycles. The number of aromatic nitrogens is 1. The first-order valence-electron chi connectivity index (χ1n) is 10.2. The van der Waals surface area contributed by atoms with Crippen LogP contribution in [-0.2, 0) is 11.3 Å². The van der Waals surface area contributed by atoms with Gasteiger partial charge in [-0.25, -0.2) is 0 Å². The zero-order valence-electron chi connectivity index (χ0n) is 16.8. The second-order valence-electron chi connectivity index (χ2n) is 7.59. The van der Waals surface area contributed by atoms with Gasteiger partial charge in [-0.1, -0.05) is 48.5 Å². The topological polar surface area (TPSA) is 34.5 Å². The van der Waals surface area contributed by atoms with Crippen LogP contribution < -0.4 is 0 Å². The fourth-order valence-electron chi connectivity index (χ4n) is 4.18. The molecule has 0 spiro atoms. The van der Waals surface area contributed by atoms with Gasteiger partial charge in [-0.3, -0.25) is 9.69 Å². The van der Waals surface area contributed by atoms with Crippen LogP contribution in [-0.4, -0.2) is 48.1 Å². The minimum atomic E-state index is 0. The fourth-order valence-corrected chi connectivity index (χ4v) is 4.18. The maximum absolute atomic E-state index is 13.3. The average molecular weight is 421 g/mol. The monoisotopic (exact) mass is 420 g/mol. The average Bonchev–Trinajstić information content (AvgIpc) is 3.21. The van der Waals surface area contributed by atoms with Crippen molar-refractivity contribution in [2.24, 2.45) is 0 Å². The number of hydrogen-bond donors (Lipinski definition) is 0. The summed E-state index contributed by atoms with van der Waals surface area (Å²) in [6.45, 7) is 5.52. The van der Waals surface area contributed by atoms with Gasteiger partial charge >= 0.3 is 0 Å². The van der Waals surface area contributed by atoms with Gasteiger partial charge < -0.3 is 9.30 Å². The number of ketones is 1. The van der Waals surface area contributed by atoms with E-state index < -0.39 is 0 Å². The Morgan fingerprint density at radius 3 is 2.50 bits per heavy atom. The summed E-state index contributed by atoms with van der Waals surface area (Å²) in [5, 5.41) is 3.26. The summed E-state index contributed by atoms with van der Waals surface area (Å²) in [5.74, 6) is 0.0762. The highest BCUT2D eigenvalue weighted by atomic mass is 35.5. The van der Waals surface area contributed by atoms with E-state index in [1.807, 2.05) is 42.5 Å². The second kappa shape index (κ2) is 9.00. The number of fused-ring (bicyclic) bond motifs is 2. The lowest BCUT2D eigenvalue weighted by Gasteiger charge is -2.26. The highest BCUT2D eigenvalue weighted by molar-refractivity contribution is 6.17. The molecule has 0 unspecified atom stereocenters. The molecular weight excluding hydrogens is 396 g/mol. The Balaban J connectivity index is 0.00000218. The van der Waals surface area contributed by atoms with Crippen LogP contribution in [0.25, 0.3) is 21.7 Å². The van der Waals surface area contributed by atoms with E-state index in [-0.39, 0.29) is 18.2 Å². The first-order chi connectivity index (χ1) is 14.3. The first-order valence-corrected chi connectivity index (χ1v) is 10.2. The molecule has 2 heterocycles. The number of carbonyl (C=O) groups excluding carboxylic acids is 1. The van der Waals surface area contributed by atoms with Crippen LogP contribution in [0.5, 0.6) is 0 Å². The molecule has 1 aromatic heterocycles. The second-order valence-corrected chi connectivity index (χ2v) is 7.59. The lowest BCUT2D eigenvalue weighted by Crippen LogP contribution is -2.38. The third-order valence-corrected chi connectivity index (χ3v) is 5.83. The largest absolute Gasteiger partial charge is 0.379 e. The fraction of sp³-hybridized carbons (Fsp3) is 0.240. The van der Waals surface area contributed by atoms with Crippen molar-refractivity contribution >= 4 is 39.9 Å². The molecule has 0 saturated carbocycles. The molecule has 0 radical (unpaired) electrons. The van der Waals surface area contributed by atoms with Gasteiger partial charge in [0.05, 0.1) is 13.2 Å². The number of benzene rings is 3. The first kappa shape index (κ1) is 20.6. The number of halogens is 1. The smallest absolute Gasteiger partial charge is 0.193 e. The van der Waals surface area contributed by atoms with Gasteiger partial charge in [-0.15, -0.1) is 12.4 Å². The normalized spacial score (nSPS) is 14.7. The molecule has 5 heteroatoms. The molecule has 1 aliphatic heterocycles. The molecule has 1 aliphatic rings. The Bertz CT molecular complexity index is 1180. The van der Waals surface area contributed by atoms with Gasteiger partial charge in [0.1, 0.15) is 0 Å². The van der Waals surface area contributed by atoms with Crippen LogP contribution in [0.2, 0.25) is 0 Å². The molecule has 3 aromatic carbocycles. The van der Waals surface area contributed by atoms with E-state index in [4.69, 9.17) is 4.74 Å². The molecular formula is C25H25ClN2O2. The quantitative estimate of drug-likeness (QED) is 0.436. The number of ether oxygens (including phenoxy) is 1. The summed E-state index contributed by atoms with van der Waals surface area (Å²) in [5.41, 5.74) is 2.62. The van der Waals surface area contributed by atoms with E-state index in [0.717, 1.165) is 72.2 Å². The van der Waals surface area contributed by atoms with Gasteiger partial charge in [0.25, 0.3) is 0 Å². The number of rotatable bonds is 5. The standard InChI is InChI=1S/C25H24N2O2.ClH/c28-25(21-9-8-19-4-1-2-5-20(19)18-21)23-6-3-7-24-22(23)10-11-27(24)13-12-26-14-16-29-17-15-26;/h1-11,18H,12-17H2;1H. The van der Waals surface area contributed by atoms with Crippen LogP contribution in [0.1, 0.15) is 15.9 Å². The maximum atomic E-state index is 13.3. The predicted molar refractivity (Wildman–Crippen MR) is 124 cm³/mol. The van der Waals surface area contributed by atoms with Gasteiger partial charge in [0, 0.05) is 54.4 Å². The van der Waals surface area contributed by atoms with Crippen LogP contribution >= 0.6 is 12.4 Å². The van der Waals surface area contributed by atoms with Crippen LogP contribution in [0.3, 0.4) is 0 Å². The Labute approximate surface area is 182 Å². The molecule has 4 aromatic rings. The van der Waals surface area contributed by atoms with Crippen molar-refractivity contribution in [2.45, 2.75) is 6.54 Å². The van der Waals surface area contributed by atoms with Crippen molar-refractivity contribution in [3.05, 3.63) is 84.1 Å². The van der Waals surface area contributed by atoms with Crippen molar-refractivity contribution in [3.8, 4) is 0 Å². The Morgan fingerprint density at radius 2 is 1.67 bits per heavy atom. The molecule has 0 aliphatic carbocycles. The summed E-state index contributed by atoms with van der Waals surface area (Å²) in [6.07, 6.45) is 2.10. The number of carbonyl (C=O) groups is 1. The van der Waals surface area contributed by atoms with Crippen LogP contribution in [0.4, 0.5) is 0 Å². The predicted octanol–water partition coefficient (Wildman–Crippen LogP) is 4.78. The van der Waals surface area contributed by atoms with E-state index in [1.165, 1.54) is 0 Å². The lowest BCUT2D eigenvalue weighted by atomic mass is 9.98. The van der Waals surface area contributed by atoms with Gasteiger partial charge in [-0.05, 0) is 29.0 Å². The highest BCUT2D eigenvalue weighted by Crippen LogP contribution is 2.25. The summed E-state index contributed by atoms with van der Waals surface area (Å²) in [4.78, 5) is 15.7. The van der Waals surface area contributed by atoms with Crippen molar-refractivity contribution in [3.63, 3.8) is 0 Å². The van der Waals surface area contributed by atoms with Gasteiger partial charge in [-0.2, -0.15) is 0 Å². The third kappa shape index (κ3) is 3.99. The Hall–Kier alpha value is -2.66. The minimum absolute atomic E-state index is 0. The number of nitrogens with zero attached hydrogens (tertiary/aromatic N) is 2. The van der Waals surface area contributed by atoms with E-state index in [1.54, 1.807) is 0 Å². The van der Waals surface area contributed by atoms with Crippen molar-refractivity contribution < 1.29 is 9.53 Å². The van der Waals surface area contributed by atoms with E-state index >= 15 is 0 Å². The molecule has 0 bridgehead atoms.